The van der Waals surface area contributed by atoms with Crippen LogP contribution in [0.25, 0.3) is 5.69 Å². The molecule has 210 valence electrons. The summed E-state index contributed by atoms with van der Waals surface area (Å²) in [6.45, 7) is 8.48. The molecule has 1 atom stereocenters. The maximum absolute atomic E-state index is 14.8. The van der Waals surface area contributed by atoms with Crippen molar-refractivity contribution in [2.45, 2.75) is 52.3 Å². The Kier molecular flexibility index (Phi) is 7.13. The van der Waals surface area contributed by atoms with E-state index in [1.165, 1.54) is 11.6 Å². The molecule has 0 saturated carbocycles. The molecular weight excluding hydrogens is 520 g/mol. The van der Waals surface area contributed by atoms with Crippen LogP contribution in [0, 0.1) is 6.92 Å². The van der Waals surface area contributed by atoms with Crippen molar-refractivity contribution < 1.29 is 23.9 Å². The van der Waals surface area contributed by atoms with E-state index in [1.807, 2.05) is 72.8 Å². The Morgan fingerprint density at radius 3 is 2.17 bits per heavy atom. The summed E-state index contributed by atoms with van der Waals surface area (Å²) < 4.78 is 12.9. The van der Waals surface area contributed by atoms with Gasteiger partial charge in [0.2, 0.25) is 5.88 Å². The van der Waals surface area contributed by atoms with E-state index in [4.69, 9.17) is 14.6 Å². The molecule has 0 unspecified atom stereocenters. The van der Waals surface area contributed by atoms with Crippen molar-refractivity contribution in [1.29, 1.82) is 0 Å². The number of hydrogen-bond donors (Lipinski definition) is 1. The molecule has 3 aromatic carbocycles. The molecule has 1 aliphatic rings. The summed E-state index contributed by atoms with van der Waals surface area (Å²) in [5, 5.41) is 7.61. The second-order valence-corrected chi connectivity index (χ2v) is 10.9. The van der Waals surface area contributed by atoms with E-state index in [1.54, 1.807) is 44.7 Å². The van der Waals surface area contributed by atoms with Crippen molar-refractivity contribution in [3.8, 4) is 11.6 Å². The van der Waals surface area contributed by atoms with Gasteiger partial charge in [0, 0.05) is 12.5 Å². The zero-order chi connectivity index (χ0) is 29.4. The van der Waals surface area contributed by atoms with Crippen molar-refractivity contribution in [2.24, 2.45) is 0 Å². The molecule has 1 N–H and O–H groups in total. The number of fused-ring (bicyclic) bond motifs is 1. The molecule has 0 spiro atoms. The Morgan fingerprint density at radius 2 is 1.54 bits per heavy atom. The third-order valence-corrected chi connectivity index (χ3v) is 6.67. The standard InChI is InChI=1S/C32H32N4O5/c1-21-27(28(40-22(2)37)36(34-21)24-16-10-7-11-17-24)32(33-30(39)41-31(3,4)5)25-18-12-13-19-26(25)35(29(32)38)20-23-14-8-6-9-15-23/h6-19H,20H2,1-5H3,(H,33,39)/t32-/m1/s1. The fraction of sp³-hybridized carbons (Fsp3) is 0.250. The summed E-state index contributed by atoms with van der Waals surface area (Å²) in [5.74, 6) is -1.00. The number of carbonyl (C=O) groups excluding carboxylic acids is 3. The fourth-order valence-corrected chi connectivity index (χ4v) is 5.17. The Bertz CT molecular complexity index is 1610. The largest absolute Gasteiger partial charge is 0.444 e. The number of para-hydroxylation sites is 2. The highest BCUT2D eigenvalue weighted by atomic mass is 16.6. The number of aromatic nitrogens is 2. The van der Waals surface area contributed by atoms with E-state index in [9.17, 15) is 14.4 Å². The molecule has 9 heteroatoms. The number of nitrogens with zero attached hydrogens (tertiary/aromatic N) is 3. The molecule has 1 aliphatic heterocycles. The van der Waals surface area contributed by atoms with Crippen LogP contribution < -0.4 is 15.0 Å². The van der Waals surface area contributed by atoms with Crippen LogP contribution in [0.4, 0.5) is 10.5 Å². The third kappa shape index (κ3) is 5.18. The summed E-state index contributed by atoms with van der Waals surface area (Å²) in [7, 11) is 0. The van der Waals surface area contributed by atoms with Gasteiger partial charge in [0.25, 0.3) is 5.91 Å². The van der Waals surface area contributed by atoms with E-state index >= 15 is 0 Å². The quantitative estimate of drug-likeness (QED) is 0.321. The minimum absolute atomic E-state index is 0.0296. The highest BCUT2D eigenvalue weighted by molar-refractivity contribution is 6.12. The van der Waals surface area contributed by atoms with Crippen LogP contribution >= 0.6 is 0 Å². The predicted molar refractivity (Wildman–Crippen MR) is 154 cm³/mol. The first-order chi connectivity index (χ1) is 19.5. The molecule has 41 heavy (non-hydrogen) atoms. The first-order valence-corrected chi connectivity index (χ1v) is 13.3. The van der Waals surface area contributed by atoms with E-state index in [0.717, 1.165) is 5.56 Å². The van der Waals surface area contributed by atoms with E-state index in [-0.39, 0.29) is 18.0 Å². The number of hydrogen-bond acceptors (Lipinski definition) is 6. The molecule has 0 fully saturated rings. The van der Waals surface area contributed by atoms with Crippen molar-refractivity contribution in [3.05, 3.63) is 107 Å². The number of amides is 2. The monoisotopic (exact) mass is 552 g/mol. The molecular formula is C32H32N4O5. The SMILES string of the molecule is CC(=O)Oc1c([C@@]2(NC(=O)OC(C)(C)C)C(=O)N(Cc3ccccc3)c3ccccc32)c(C)nn1-c1ccccc1. The maximum atomic E-state index is 14.8. The van der Waals surface area contributed by atoms with Gasteiger partial charge in [0.05, 0.1) is 29.2 Å². The normalized spacial score (nSPS) is 16.3. The average molecular weight is 553 g/mol. The van der Waals surface area contributed by atoms with Gasteiger partial charge in [-0.1, -0.05) is 66.7 Å². The number of esters is 1. The number of nitrogens with one attached hydrogen (secondary N) is 1. The fourth-order valence-electron chi connectivity index (χ4n) is 5.17. The second-order valence-electron chi connectivity index (χ2n) is 10.9. The molecule has 0 bridgehead atoms. The van der Waals surface area contributed by atoms with E-state index in [2.05, 4.69) is 5.32 Å². The maximum Gasteiger partial charge on any atom is 0.409 e. The lowest BCUT2D eigenvalue weighted by molar-refractivity contribution is -0.132. The van der Waals surface area contributed by atoms with E-state index < -0.39 is 29.1 Å². The molecule has 4 aromatic rings. The molecule has 1 aromatic heterocycles. The zero-order valence-electron chi connectivity index (χ0n) is 23.7. The number of alkyl carbamates (subject to hydrolysis) is 1. The topological polar surface area (TPSA) is 103 Å². The minimum atomic E-state index is -1.81. The van der Waals surface area contributed by atoms with E-state index in [0.29, 0.717) is 22.6 Å². The lowest BCUT2D eigenvalue weighted by Crippen LogP contribution is -2.55. The Labute approximate surface area is 238 Å². The zero-order valence-corrected chi connectivity index (χ0v) is 23.7. The van der Waals surface area contributed by atoms with Gasteiger partial charge in [0.1, 0.15) is 5.60 Å². The lowest BCUT2D eigenvalue weighted by atomic mass is 9.83. The van der Waals surface area contributed by atoms with Gasteiger partial charge >= 0.3 is 12.1 Å². The third-order valence-electron chi connectivity index (χ3n) is 6.67. The van der Waals surface area contributed by atoms with Crippen molar-refractivity contribution in [1.82, 2.24) is 15.1 Å². The number of anilines is 1. The first-order valence-electron chi connectivity index (χ1n) is 13.3. The number of rotatable bonds is 6. The number of aryl methyl sites for hydroxylation is 1. The average Bonchev–Trinajstić information content (AvgIpc) is 3.36. The molecule has 5 rings (SSSR count). The van der Waals surface area contributed by atoms with Gasteiger partial charge in [-0.25, -0.2) is 9.48 Å². The molecule has 0 radical (unpaired) electrons. The highest BCUT2D eigenvalue weighted by Crippen LogP contribution is 2.49. The Hall–Kier alpha value is -4.92. The van der Waals surface area contributed by atoms with Crippen LogP contribution in [0.1, 0.15) is 50.1 Å². The van der Waals surface area contributed by atoms with Crippen LogP contribution in [0.2, 0.25) is 0 Å². The van der Waals surface area contributed by atoms with Crippen molar-refractivity contribution >= 4 is 23.7 Å². The summed E-state index contributed by atoms with van der Waals surface area (Å²) >= 11 is 0. The Balaban J connectivity index is 1.78. The summed E-state index contributed by atoms with van der Waals surface area (Å²) in [4.78, 5) is 42.4. The van der Waals surface area contributed by atoms with Crippen LogP contribution in [-0.2, 0) is 26.4 Å². The number of ether oxygens (including phenoxy) is 2. The van der Waals surface area contributed by atoms with Gasteiger partial charge in [-0.3, -0.25) is 14.9 Å². The number of benzene rings is 3. The summed E-state index contributed by atoms with van der Waals surface area (Å²) in [6.07, 6.45) is -0.803. The van der Waals surface area contributed by atoms with Crippen LogP contribution in [-0.4, -0.2) is 33.4 Å². The second kappa shape index (κ2) is 10.6. The lowest BCUT2D eigenvalue weighted by Gasteiger charge is -2.32. The predicted octanol–water partition coefficient (Wildman–Crippen LogP) is 5.42. The molecule has 2 amide bonds. The van der Waals surface area contributed by atoms with Crippen molar-refractivity contribution in [3.63, 3.8) is 0 Å². The molecule has 0 saturated heterocycles. The number of carbonyl (C=O) groups is 3. The molecule has 2 heterocycles. The summed E-state index contributed by atoms with van der Waals surface area (Å²) in [6, 6.07) is 26.0. The minimum Gasteiger partial charge on any atom is -0.444 e. The van der Waals surface area contributed by atoms with Gasteiger partial charge in [-0.15, -0.1) is 0 Å². The summed E-state index contributed by atoms with van der Waals surface area (Å²) in [5.41, 5.74) is 0.634. The van der Waals surface area contributed by atoms with Crippen LogP contribution in [0.15, 0.2) is 84.9 Å². The van der Waals surface area contributed by atoms with Gasteiger partial charge < -0.3 is 14.4 Å². The van der Waals surface area contributed by atoms with Crippen molar-refractivity contribution in [2.75, 3.05) is 4.90 Å². The smallest absolute Gasteiger partial charge is 0.409 e. The van der Waals surface area contributed by atoms with Gasteiger partial charge in [0.15, 0.2) is 5.54 Å². The Morgan fingerprint density at radius 1 is 0.927 bits per heavy atom. The highest BCUT2D eigenvalue weighted by Gasteiger charge is 2.57. The van der Waals surface area contributed by atoms with Crippen LogP contribution in [0.3, 0.4) is 0 Å². The molecule has 0 aliphatic carbocycles. The van der Waals surface area contributed by atoms with Gasteiger partial charge in [-0.05, 0) is 51.5 Å². The first kappa shape index (κ1) is 27.6. The van der Waals surface area contributed by atoms with Crippen LogP contribution in [0.5, 0.6) is 5.88 Å². The van der Waals surface area contributed by atoms with Gasteiger partial charge in [-0.2, -0.15) is 5.10 Å². The molecule has 9 nitrogen and oxygen atoms in total.